The predicted octanol–water partition coefficient (Wildman–Crippen LogP) is 5.15. The number of thioether (sulfide) groups is 1. The van der Waals surface area contributed by atoms with Crippen LogP contribution in [0.5, 0.6) is 0 Å². The van der Waals surface area contributed by atoms with Gasteiger partial charge in [0.25, 0.3) is 5.69 Å². The molecule has 0 bridgehead atoms. The number of non-ortho nitro benzene ring substituents is 1. The maximum Gasteiger partial charge on any atom is 0.269 e. The number of rotatable bonds is 6. The summed E-state index contributed by atoms with van der Waals surface area (Å²) >= 11 is 1.83. The van der Waals surface area contributed by atoms with Crippen molar-refractivity contribution in [3.8, 4) is 0 Å². The molecule has 1 aliphatic carbocycles. The monoisotopic (exact) mass is 361 g/mol. The second-order valence-corrected chi connectivity index (χ2v) is 8.65. The molecule has 0 radical (unpaired) electrons. The van der Waals surface area contributed by atoms with Gasteiger partial charge in [-0.1, -0.05) is 32.0 Å². The Bertz CT molecular complexity index is 671. The summed E-state index contributed by atoms with van der Waals surface area (Å²) in [6.45, 7) is 7.56. The molecule has 0 spiro atoms. The molecule has 25 heavy (non-hydrogen) atoms. The van der Waals surface area contributed by atoms with Crippen LogP contribution in [0.2, 0.25) is 0 Å². The first-order valence-electron chi connectivity index (χ1n) is 9.17. The van der Waals surface area contributed by atoms with Crippen LogP contribution in [-0.2, 0) is 0 Å². The zero-order valence-electron chi connectivity index (χ0n) is 15.3. The summed E-state index contributed by atoms with van der Waals surface area (Å²) < 4.78 is 0. The number of benzene rings is 1. The van der Waals surface area contributed by atoms with Gasteiger partial charge >= 0.3 is 0 Å². The number of nitrogens with zero attached hydrogens (tertiary/aromatic N) is 3. The third kappa shape index (κ3) is 4.35. The van der Waals surface area contributed by atoms with Crippen LogP contribution < -0.4 is 0 Å². The topological polar surface area (TPSA) is 58.7 Å². The maximum absolute atomic E-state index is 10.9. The lowest BCUT2D eigenvalue weighted by Gasteiger charge is -2.35. The number of nitro benzene ring substituents is 1. The minimum absolute atomic E-state index is 0.129. The zero-order valence-corrected chi connectivity index (χ0v) is 16.1. The summed E-state index contributed by atoms with van der Waals surface area (Å²) in [4.78, 5) is 18.0. The molecule has 0 N–H and O–H groups in total. The molecule has 1 aromatic carbocycles. The van der Waals surface area contributed by atoms with E-state index in [0.29, 0.717) is 12.0 Å². The van der Waals surface area contributed by atoms with E-state index in [0.717, 1.165) is 34.6 Å². The molecule has 1 atom stereocenters. The van der Waals surface area contributed by atoms with Crippen molar-refractivity contribution >= 4 is 28.3 Å². The van der Waals surface area contributed by atoms with Crippen LogP contribution in [0.3, 0.4) is 0 Å². The molecular formula is C19H27N3O2S. The van der Waals surface area contributed by atoms with E-state index in [4.69, 9.17) is 4.99 Å². The third-order valence-corrected chi connectivity index (χ3v) is 6.26. The molecular weight excluding hydrogens is 334 g/mol. The second-order valence-electron chi connectivity index (χ2n) is 7.67. The molecule has 6 heteroatoms. The van der Waals surface area contributed by atoms with E-state index in [2.05, 4.69) is 18.7 Å². The molecule has 1 heterocycles. The van der Waals surface area contributed by atoms with Crippen LogP contribution >= 0.6 is 11.8 Å². The molecule has 1 aliphatic heterocycles. The minimum Gasteiger partial charge on any atom is -0.347 e. The molecule has 2 fully saturated rings. The highest BCUT2D eigenvalue weighted by Gasteiger charge is 2.33. The van der Waals surface area contributed by atoms with Gasteiger partial charge < -0.3 is 4.90 Å². The van der Waals surface area contributed by atoms with Crippen molar-refractivity contribution in [3.63, 3.8) is 0 Å². The summed E-state index contributed by atoms with van der Waals surface area (Å²) in [5.74, 6) is 2.57. The minimum atomic E-state index is -0.351. The molecule has 1 unspecified atom stereocenters. The molecule has 1 aromatic rings. The van der Waals surface area contributed by atoms with Crippen molar-refractivity contribution in [2.45, 2.75) is 52.5 Å². The van der Waals surface area contributed by atoms with Crippen LogP contribution in [-0.4, -0.2) is 33.3 Å². The quantitative estimate of drug-likeness (QED) is 0.519. The van der Waals surface area contributed by atoms with Crippen LogP contribution in [0.15, 0.2) is 23.2 Å². The average molecular weight is 362 g/mol. The van der Waals surface area contributed by atoms with Gasteiger partial charge in [-0.3, -0.25) is 10.1 Å². The van der Waals surface area contributed by atoms with E-state index in [1.54, 1.807) is 18.2 Å². The largest absolute Gasteiger partial charge is 0.347 e. The summed E-state index contributed by atoms with van der Waals surface area (Å²) in [6, 6.07) is 5.50. The van der Waals surface area contributed by atoms with Crippen molar-refractivity contribution < 1.29 is 4.92 Å². The lowest BCUT2D eigenvalue weighted by atomic mass is 9.85. The Labute approximate surface area is 154 Å². The highest BCUT2D eigenvalue weighted by Crippen LogP contribution is 2.36. The van der Waals surface area contributed by atoms with Crippen LogP contribution in [0.1, 0.15) is 45.1 Å². The van der Waals surface area contributed by atoms with Gasteiger partial charge in [0.05, 0.1) is 10.6 Å². The van der Waals surface area contributed by atoms with Crippen molar-refractivity contribution in [2.75, 3.05) is 12.3 Å². The summed E-state index contributed by atoms with van der Waals surface area (Å²) in [5, 5.41) is 12.0. The summed E-state index contributed by atoms with van der Waals surface area (Å²) in [6.07, 6.45) is 5.21. The molecule has 3 rings (SSSR count). The Kier molecular flexibility index (Phi) is 5.67. The fraction of sp³-hybridized carbons (Fsp3) is 0.632. The smallest absolute Gasteiger partial charge is 0.269 e. The summed E-state index contributed by atoms with van der Waals surface area (Å²) in [7, 11) is 0. The Hall–Kier alpha value is -1.56. The van der Waals surface area contributed by atoms with E-state index in [1.807, 2.05) is 18.7 Å². The van der Waals surface area contributed by atoms with Gasteiger partial charge in [-0.05, 0) is 49.7 Å². The molecule has 1 saturated heterocycles. The van der Waals surface area contributed by atoms with E-state index in [9.17, 15) is 10.1 Å². The van der Waals surface area contributed by atoms with Gasteiger partial charge in [0.1, 0.15) is 0 Å². The highest BCUT2D eigenvalue weighted by atomic mass is 32.2. The van der Waals surface area contributed by atoms with Crippen LogP contribution in [0.25, 0.3) is 0 Å². The van der Waals surface area contributed by atoms with Gasteiger partial charge in [0.15, 0.2) is 5.17 Å². The van der Waals surface area contributed by atoms with Crippen molar-refractivity contribution in [2.24, 2.45) is 16.8 Å². The first kappa shape index (κ1) is 18.2. The Morgan fingerprint density at radius 3 is 2.72 bits per heavy atom. The molecule has 1 saturated carbocycles. The van der Waals surface area contributed by atoms with Gasteiger partial charge in [0, 0.05) is 30.5 Å². The Morgan fingerprint density at radius 1 is 1.40 bits per heavy atom. The first-order chi connectivity index (χ1) is 11.9. The number of amidine groups is 1. The third-order valence-electron chi connectivity index (χ3n) is 5.12. The fourth-order valence-corrected chi connectivity index (χ4v) is 4.71. The van der Waals surface area contributed by atoms with Crippen LogP contribution in [0, 0.1) is 28.9 Å². The lowest BCUT2D eigenvalue weighted by molar-refractivity contribution is -0.384. The summed E-state index contributed by atoms with van der Waals surface area (Å²) in [5.41, 5.74) is 1.83. The van der Waals surface area contributed by atoms with E-state index < -0.39 is 0 Å². The fourth-order valence-electron chi connectivity index (χ4n) is 3.50. The predicted molar refractivity (Wildman–Crippen MR) is 105 cm³/mol. The maximum atomic E-state index is 10.9. The number of aliphatic imine (C=N–C) groups is 1. The lowest BCUT2D eigenvalue weighted by Crippen LogP contribution is -2.40. The van der Waals surface area contributed by atoms with Gasteiger partial charge in [-0.15, -0.1) is 0 Å². The number of hydrogen-bond donors (Lipinski definition) is 0. The number of aryl methyl sites for hydroxylation is 1. The number of hydrogen-bond acceptors (Lipinski definition) is 4. The molecule has 2 aliphatic rings. The standard InChI is InChI=1S/C19H27N3O2S/c1-13(2)9-17-12-25-19(21(17)11-15-5-4-6-15)20-18-8-7-16(22(23)24)10-14(18)3/h7-8,10,13,15,17H,4-6,9,11-12H2,1-3H3. The zero-order chi connectivity index (χ0) is 18.0. The van der Waals surface area contributed by atoms with Gasteiger partial charge in [0.2, 0.25) is 0 Å². The second kappa shape index (κ2) is 7.77. The van der Waals surface area contributed by atoms with Crippen molar-refractivity contribution in [3.05, 3.63) is 33.9 Å². The van der Waals surface area contributed by atoms with E-state index in [-0.39, 0.29) is 10.6 Å². The normalized spacial score (nSPS) is 22.6. The number of nitro groups is 1. The van der Waals surface area contributed by atoms with E-state index in [1.165, 1.54) is 25.7 Å². The van der Waals surface area contributed by atoms with Crippen molar-refractivity contribution in [1.29, 1.82) is 0 Å². The SMILES string of the molecule is Cc1cc([N+](=O)[O-])ccc1N=C1SCC(CC(C)C)N1CC1CCC1. The molecule has 5 nitrogen and oxygen atoms in total. The molecule has 0 amide bonds. The van der Waals surface area contributed by atoms with Crippen molar-refractivity contribution in [1.82, 2.24) is 4.90 Å². The molecule has 0 aromatic heterocycles. The first-order valence-corrected chi connectivity index (χ1v) is 10.2. The van der Waals surface area contributed by atoms with Gasteiger partial charge in [-0.2, -0.15) is 0 Å². The van der Waals surface area contributed by atoms with Gasteiger partial charge in [-0.25, -0.2) is 4.99 Å². The van der Waals surface area contributed by atoms with Crippen LogP contribution in [0.4, 0.5) is 11.4 Å². The molecule has 136 valence electrons. The average Bonchev–Trinajstić information content (AvgIpc) is 2.86. The highest BCUT2D eigenvalue weighted by molar-refractivity contribution is 8.14. The Balaban J connectivity index is 1.82. The Morgan fingerprint density at radius 2 is 2.16 bits per heavy atom. The van der Waals surface area contributed by atoms with E-state index >= 15 is 0 Å².